The fourth-order valence-corrected chi connectivity index (χ4v) is 2.57. The molecule has 0 aliphatic carbocycles. The normalized spacial score (nSPS) is 23.4. The van der Waals surface area contributed by atoms with E-state index in [0.717, 1.165) is 0 Å². The number of amides is 3. The van der Waals surface area contributed by atoms with Crippen LogP contribution in [0.3, 0.4) is 0 Å². The number of nitrogens with one attached hydrogen (secondary N) is 1. The zero-order valence-electron chi connectivity index (χ0n) is 11.9. The largest absolute Gasteiger partial charge is 0.379 e. The van der Waals surface area contributed by atoms with E-state index in [1.54, 1.807) is 13.8 Å². The first-order chi connectivity index (χ1) is 9.33. The molecule has 106 valence electrons. The van der Waals surface area contributed by atoms with Gasteiger partial charge in [-0.25, -0.2) is 9.69 Å². The monoisotopic (exact) mass is 274 g/mol. The lowest BCUT2D eigenvalue weighted by Crippen LogP contribution is -2.43. The Kier molecular flexibility index (Phi) is 2.66. The molecule has 2 heterocycles. The first-order valence-corrected chi connectivity index (χ1v) is 6.68. The molecule has 3 rings (SSSR count). The maximum absolute atomic E-state index is 12.2. The fourth-order valence-electron chi connectivity index (χ4n) is 2.57. The van der Waals surface area contributed by atoms with E-state index in [4.69, 9.17) is 4.74 Å². The minimum atomic E-state index is -0.844. The second-order valence-electron chi connectivity index (χ2n) is 6.30. The Morgan fingerprint density at radius 3 is 2.10 bits per heavy atom. The van der Waals surface area contributed by atoms with E-state index in [1.807, 2.05) is 24.3 Å². The Labute approximate surface area is 117 Å². The number of ether oxygens (including phenoxy) is 1. The lowest BCUT2D eigenvalue weighted by molar-refractivity contribution is -0.121. The number of nitrogens with zero attached hydrogens (tertiary/aromatic N) is 1. The van der Waals surface area contributed by atoms with Gasteiger partial charge in [-0.05, 0) is 31.5 Å². The molecule has 1 N–H and O–H groups in total. The fraction of sp³-hybridized carbons (Fsp3) is 0.467. The molecular formula is C15H18N2O3. The number of benzene rings is 1. The van der Waals surface area contributed by atoms with Crippen LogP contribution < -0.4 is 10.2 Å². The summed E-state index contributed by atoms with van der Waals surface area (Å²) >= 11 is 0. The molecule has 5 nitrogen and oxygen atoms in total. The highest BCUT2D eigenvalue weighted by Crippen LogP contribution is 2.33. The van der Waals surface area contributed by atoms with Crippen molar-refractivity contribution < 1.29 is 14.3 Å². The van der Waals surface area contributed by atoms with E-state index in [9.17, 15) is 9.59 Å². The quantitative estimate of drug-likeness (QED) is 0.837. The Hall–Kier alpha value is -1.88. The van der Waals surface area contributed by atoms with Crippen molar-refractivity contribution in [3.05, 3.63) is 29.8 Å². The van der Waals surface area contributed by atoms with Crippen LogP contribution in [0.25, 0.3) is 0 Å². The van der Waals surface area contributed by atoms with Crippen LogP contribution in [0.1, 0.15) is 26.3 Å². The molecular weight excluding hydrogens is 256 g/mol. The highest BCUT2D eigenvalue weighted by Gasteiger charge is 2.45. The van der Waals surface area contributed by atoms with Gasteiger partial charge in [-0.1, -0.05) is 19.1 Å². The lowest BCUT2D eigenvalue weighted by Gasteiger charge is -2.38. The highest BCUT2D eigenvalue weighted by atomic mass is 16.5. The zero-order chi connectivity index (χ0) is 14.5. The van der Waals surface area contributed by atoms with Crippen molar-refractivity contribution >= 4 is 17.6 Å². The van der Waals surface area contributed by atoms with Gasteiger partial charge in [-0.15, -0.1) is 0 Å². The summed E-state index contributed by atoms with van der Waals surface area (Å²) in [5.41, 5.74) is 0.975. The predicted octanol–water partition coefficient (Wildman–Crippen LogP) is 1.81. The Morgan fingerprint density at radius 1 is 1.10 bits per heavy atom. The number of carbonyl (C=O) groups excluding carboxylic acids is 2. The Morgan fingerprint density at radius 2 is 1.70 bits per heavy atom. The minimum absolute atomic E-state index is 0.0507. The number of urea groups is 1. The highest BCUT2D eigenvalue weighted by molar-refractivity contribution is 6.22. The summed E-state index contributed by atoms with van der Waals surface area (Å²) in [6, 6.07) is 7.19. The Balaban J connectivity index is 1.88. The number of hydrogen-bond acceptors (Lipinski definition) is 3. The third kappa shape index (κ3) is 1.81. The maximum Gasteiger partial charge on any atom is 0.329 e. The van der Waals surface area contributed by atoms with Crippen LogP contribution in [0.5, 0.6) is 0 Å². The molecule has 0 spiro atoms. The summed E-state index contributed by atoms with van der Waals surface area (Å²) in [4.78, 5) is 25.3. The second kappa shape index (κ2) is 4.06. The van der Waals surface area contributed by atoms with Crippen LogP contribution in [0.2, 0.25) is 0 Å². The molecule has 0 unspecified atom stereocenters. The third-order valence-corrected chi connectivity index (χ3v) is 4.02. The SMILES string of the molecule is CC1(C)NC(=O)N(c2ccc(C3(C)COC3)cc2)C1=O. The van der Waals surface area contributed by atoms with E-state index in [0.29, 0.717) is 18.9 Å². The number of anilines is 1. The number of hydrogen-bond donors (Lipinski definition) is 1. The Bertz CT molecular complexity index is 573. The first kappa shape index (κ1) is 13.1. The van der Waals surface area contributed by atoms with E-state index < -0.39 is 5.54 Å². The van der Waals surface area contributed by atoms with Crippen LogP contribution in [0.4, 0.5) is 10.5 Å². The van der Waals surface area contributed by atoms with Crippen LogP contribution in [-0.2, 0) is 14.9 Å². The molecule has 0 bridgehead atoms. The third-order valence-electron chi connectivity index (χ3n) is 4.02. The summed E-state index contributed by atoms with van der Waals surface area (Å²) in [5.74, 6) is -0.228. The van der Waals surface area contributed by atoms with Gasteiger partial charge in [0.25, 0.3) is 5.91 Å². The molecule has 5 heteroatoms. The van der Waals surface area contributed by atoms with Crippen LogP contribution in [0, 0.1) is 0 Å². The first-order valence-electron chi connectivity index (χ1n) is 6.68. The van der Waals surface area contributed by atoms with Gasteiger partial charge in [-0.3, -0.25) is 4.79 Å². The average Bonchev–Trinajstić information content (AvgIpc) is 2.56. The van der Waals surface area contributed by atoms with Gasteiger partial charge in [0.05, 0.1) is 18.9 Å². The molecule has 2 aliphatic heterocycles. The zero-order valence-corrected chi connectivity index (χ0v) is 11.9. The van der Waals surface area contributed by atoms with Crippen molar-refractivity contribution in [3.63, 3.8) is 0 Å². The lowest BCUT2D eigenvalue weighted by atomic mass is 9.81. The molecule has 2 aliphatic rings. The molecule has 1 aromatic carbocycles. The van der Waals surface area contributed by atoms with Gasteiger partial charge in [0.2, 0.25) is 0 Å². The molecule has 1 aromatic rings. The van der Waals surface area contributed by atoms with Crippen LogP contribution in [-0.4, -0.2) is 30.7 Å². The van der Waals surface area contributed by atoms with Crippen molar-refractivity contribution in [1.29, 1.82) is 0 Å². The van der Waals surface area contributed by atoms with Crippen molar-refractivity contribution in [1.82, 2.24) is 5.32 Å². The topological polar surface area (TPSA) is 58.6 Å². The van der Waals surface area contributed by atoms with Crippen molar-refractivity contribution in [3.8, 4) is 0 Å². The van der Waals surface area contributed by atoms with Gasteiger partial charge >= 0.3 is 6.03 Å². The molecule has 3 amide bonds. The van der Waals surface area contributed by atoms with Gasteiger partial charge in [0.1, 0.15) is 5.54 Å². The van der Waals surface area contributed by atoms with Gasteiger partial charge in [0, 0.05) is 5.41 Å². The molecule has 2 fully saturated rings. The number of carbonyl (C=O) groups is 2. The second-order valence-corrected chi connectivity index (χ2v) is 6.30. The molecule has 2 saturated heterocycles. The van der Waals surface area contributed by atoms with E-state index in [1.165, 1.54) is 10.5 Å². The molecule has 0 radical (unpaired) electrons. The molecule has 0 aromatic heterocycles. The van der Waals surface area contributed by atoms with Crippen molar-refractivity contribution in [2.75, 3.05) is 18.1 Å². The van der Waals surface area contributed by atoms with Crippen molar-refractivity contribution in [2.45, 2.75) is 31.7 Å². The number of imide groups is 1. The van der Waals surface area contributed by atoms with Gasteiger partial charge < -0.3 is 10.1 Å². The summed E-state index contributed by atoms with van der Waals surface area (Å²) in [6.45, 7) is 6.97. The van der Waals surface area contributed by atoms with E-state index in [2.05, 4.69) is 12.2 Å². The van der Waals surface area contributed by atoms with Gasteiger partial charge in [-0.2, -0.15) is 0 Å². The minimum Gasteiger partial charge on any atom is -0.379 e. The standard InChI is InChI=1S/C15H18N2O3/c1-14(2)12(18)17(13(19)16-14)11-6-4-10(5-7-11)15(3)8-20-9-15/h4-7H,8-9H2,1-3H3,(H,16,19). The molecule has 0 saturated carbocycles. The smallest absolute Gasteiger partial charge is 0.329 e. The van der Waals surface area contributed by atoms with Crippen LogP contribution >= 0.6 is 0 Å². The maximum atomic E-state index is 12.2. The molecule has 20 heavy (non-hydrogen) atoms. The van der Waals surface area contributed by atoms with Gasteiger partial charge in [0.15, 0.2) is 0 Å². The predicted molar refractivity (Wildman–Crippen MR) is 74.7 cm³/mol. The average molecular weight is 274 g/mol. The summed E-state index contributed by atoms with van der Waals surface area (Å²) in [6.07, 6.45) is 0. The van der Waals surface area contributed by atoms with E-state index in [-0.39, 0.29) is 17.4 Å². The van der Waals surface area contributed by atoms with Crippen molar-refractivity contribution in [2.24, 2.45) is 0 Å². The van der Waals surface area contributed by atoms with Crippen LogP contribution in [0.15, 0.2) is 24.3 Å². The summed E-state index contributed by atoms with van der Waals surface area (Å²) < 4.78 is 5.26. The summed E-state index contributed by atoms with van der Waals surface area (Å²) in [5, 5.41) is 2.68. The van der Waals surface area contributed by atoms with E-state index >= 15 is 0 Å². The summed E-state index contributed by atoms with van der Waals surface area (Å²) in [7, 11) is 0. The number of rotatable bonds is 2. The molecule has 0 atom stereocenters.